The molecular weight excluding hydrogens is 310 g/mol. The van der Waals surface area contributed by atoms with Crippen LogP contribution in [0.5, 0.6) is 0 Å². The Morgan fingerprint density at radius 3 is 3.26 bits per heavy atom. The average molecular weight is 324 g/mol. The number of furan rings is 1. The molecule has 0 spiro atoms. The van der Waals surface area contributed by atoms with Crippen molar-refractivity contribution in [3.63, 3.8) is 0 Å². The van der Waals surface area contributed by atoms with Gasteiger partial charge in [-0.15, -0.1) is 0 Å². The fourth-order valence-electron chi connectivity index (χ4n) is 2.35. The molecule has 2 aromatic heterocycles. The van der Waals surface area contributed by atoms with Crippen molar-refractivity contribution >= 4 is 21.8 Å². The molecule has 1 N–H and O–H groups in total. The maximum absolute atomic E-state index is 12.2. The molecule has 1 aliphatic rings. The smallest absolute Gasteiger partial charge is 0.270 e. The number of imidazole rings is 1. The first-order chi connectivity index (χ1) is 9.25. The maximum Gasteiger partial charge on any atom is 0.270 e. The van der Waals surface area contributed by atoms with Crippen LogP contribution in [0.4, 0.5) is 0 Å². The van der Waals surface area contributed by atoms with Crippen LogP contribution in [0.15, 0.2) is 27.4 Å². The molecule has 0 bridgehead atoms. The highest BCUT2D eigenvalue weighted by Gasteiger charge is 2.24. The van der Waals surface area contributed by atoms with Gasteiger partial charge in [-0.3, -0.25) is 4.79 Å². The van der Waals surface area contributed by atoms with Crippen molar-refractivity contribution in [2.45, 2.75) is 25.8 Å². The average Bonchev–Trinajstić information content (AvgIpc) is 3.05. The molecule has 1 aliphatic heterocycles. The van der Waals surface area contributed by atoms with E-state index in [1.807, 2.05) is 16.7 Å². The molecule has 0 radical (unpaired) electrons. The molecule has 5 nitrogen and oxygen atoms in total. The summed E-state index contributed by atoms with van der Waals surface area (Å²) in [5.74, 6) is 1.78. The molecule has 6 heteroatoms. The van der Waals surface area contributed by atoms with E-state index >= 15 is 0 Å². The van der Waals surface area contributed by atoms with Crippen LogP contribution in [0.3, 0.4) is 0 Å². The number of halogens is 1. The number of amides is 1. The zero-order valence-corrected chi connectivity index (χ0v) is 11.9. The van der Waals surface area contributed by atoms with Gasteiger partial charge in [0.05, 0.1) is 6.26 Å². The minimum atomic E-state index is -0.0842. The highest BCUT2D eigenvalue weighted by Crippen LogP contribution is 2.23. The van der Waals surface area contributed by atoms with Crippen molar-refractivity contribution in [1.82, 2.24) is 14.9 Å². The van der Waals surface area contributed by atoms with E-state index in [9.17, 15) is 4.79 Å². The molecule has 0 saturated heterocycles. The Labute approximate surface area is 119 Å². The van der Waals surface area contributed by atoms with Gasteiger partial charge in [-0.25, -0.2) is 4.98 Å². The quantitative estimate of drug-likeness (QED) is 0.937. The first kappa shape index (κ1) is 12.5. The second-order valence-corrected chi connectivity index (χ2v) is 5.26. The maximum atomic E-state index is 12.2. The van der Waals surface area contributed by atoms with E-state index in [0.29, 0.717) is 23.3 Å². The van der Waals surface area contributed by atoms with Crippen molar-refractivity contribution < 1.29 is 9.21 Å². The van der Waals surface area contributed by atoms with E-state index in [1.165, 1.54) is 0 Å². The predicted octanol–water partition coefficient (Wildman–Crippen LogP) is 2.16. The van der Waals surface area contributed by atoms with Crippen LogP contribution < -0.4 is 5.32 Å². The van der Waals surface area contributed by atoms with Crippen LogP contribution in [0, 0.1) is 0 Å². The summed E-state index contributed by atoms with van der Waals surface area (Å²) >= 11 is 3.36. The number of carbonyl (C=O) groups is 1. The molecule has 0 atom stereocenters. The van der Waals surface area contributed by atoms with E-state index in [4.69, 9.17) is 4.42 Å². The Hall–Kier alpha value is -1.56. The zero-order valence-electron chi connectivity index (χ0n) is 10.4. The number of carbonyl (C=O) groups excluding carboxylic acids is 1. The molecule has 19 heavy (non-hydrogen) atoms. The Balaban J connectivity index is 1.64. The van der Waals surface area contributed by atoms with Crippen molar-refractivity contribution in [2.75, 3.05) is 6.54 Å². The Kier molecular flexibility index (Phi) is 3.42. The van der Waals surface area contributed by atoms with Gasteiger partial charge < -0.3 is 14.3 Å². The minimum absolute atomic E-state index is 0.0842. The largest absolute Gasteiger partial charge is 0.469 e. The summed E-state index contributed by atoms with van der Waals surface area (Å²) in [4.78, 5) is 16.6. The molecule has 0 aliphatic carbocycles. The van der Waals surface area contributed by atoms with Gasteiger partial charge in [0, 0.05) is 25.9 Å². The van der Waals surface area contributed by atoms with Crippen LogP contribution in [0.1, 0.15) is 28.5 Å². The molecule has 3 rings (SSSR count). The molecule has 1 amide bonds. The van der Waals surface area contributed by atoms with Gasteiger partial charge in [-0.05, 0) is 34.5 Å². The third-order valence-corrected chi connectivity index (χ3v) is 3.79. The molecule has 3 heterocycles. The summed E-state index contributed by atoms with van der Waals surface area (Å²) in [6.07, 6.45) is 4.33. The first-order valence-corrected chi connectivity index (χ1v) is 7.10. The highest BCUT2D eigenvalue weighted by molar-refractivity contribution is 9.10. The van der Waals surface area contributed by atoms with Gasteiger partial charge in [0.25, 0.3) is 5.91 Å². The lowest BCUT2D eigenvalue weighted by Crippen LogP contribution is -2.28. The number of nitrogens with zero attached hydrogens (tertiary/aromatic N) is 2. The number of aryl methyl sites for hydroxylation is 1. The Morgan fingerprint density at radius 1 is 1.58 bits per heavy atom. The first-order valence-electron chi connectivity index (χ1n) is 6.31. The molecule has 0 saturated carbocycles. The molecule has 0 fully saturated rings. The van der Waals surface area contributed by atoms with Gasteiger partial charge in [0.2, 0.25) is 0 Å². The van der Waals surface area contributed by atoms with Crippen LogP contribution in [0.25, 0.3) is 0 Å². The molecule has 0 aromatic carbocycles. The fraction of sp³-hybridized carbons (Fsp3) is 0.385. The number of hydrogen-bond donors (Lipinski definition) is 1. The molecule has 2 aromatic rings. The molecule has 100 valence electrons. The van der Waals surface area contributed by atoms with Crippen molar-refractivity contribution in [2.24, 2.45) is 0 Å². The summed E-state index contributed by atoms with van der Waals surface area (Å²) in [7, 11) is 0. The van der Waals surface area contributed by atoms with Crippen LogP contribution in [-0.4, -0.2) is 22.0 Å². The van der Waals surface area contributed by atoms with Gasteiger partial charge in [0.15, 0.2) is 0 Å². The second kappa shape index (κ2) is 5.21. The monoisotopic (exact) mass is 323 g/mol. The summed E-state index contributed by atoms with van der Waals surface area (Å²) < 4.78 is 7.85. The second-order valence-electron chi connectivity index (χ2n) is 4.51. The zero-order chi connectivity index (χ0) is 13.2. The van der Waals surface area contributed by atoms with Crippen LogP contribution >= 0.6 is 15.9 Å². The van der Waals surface area contributed by atoms with E-state index in [2.05, 4.69) is 26.2 Å². The molecular formula is C13H14BrN3O2. The minimum Gasteiger partial charge on any atom is -0.469 e. The van der Waals surface area contributed by atoms with E-state index in [1.54, 1.807) is 6.26 Å². The predicted molar refractivity (Wildman–Crippen MR) is 73.0 cm³/mol. The van der Waals surface area contributed by atoms with E-state index in [-0.39, 0.29) is 5.91 Å². The third kappa shape index (κ3) is 2.45. The number of aromatic nitrogens is 2. The van der Waals surface area contributed by atoms with Gasteiger partial charge >= 0.3 is 0 Å². The van der Waals surface area contributed by atoms with E-state index in [0.717, 1.165) is 31.0 Å². The van der Waals surface area contributed by atoms with E-state index < -0.39 is 0 Å². The normalized spacial score (nSPS) is 13.5. The number of nitrogens with one attached hydrogen (secondary N) is 1. The van der Waals surface area contributed by atoms with Crippen LogP contribution in [-0.2, 0) is 19.4 Å². The summed E-state index contributed by atoms with van der Waals surface area (Å²) in [5.41, 5.74) is 0.631. The highest BCUT2D eigenvalue weighted by atomic mass is 79.9. The standard InChI is InChI=1S/C13H14BrN3O2/c14-12-11(17-7-1-4-10(17)16-12)13(18)15-6-5-9-3-2-8-19-9/h2-3,8H,1,4-7H2,(H,15,18). The van der Waals surface area contributed by atoms with Crippen molar-refractivity contribution in [1.29, 1.82) is 0 Å². The summed E-state index contributed by atoms with van der Waals surface area (Å²) in [6, 6.07) is 3.75. The lowest BCUT2D eigenvalue weighted by atomic mass is 10.3. The van der Waals surface area contributed by atoms with Gasteiger partial charge in [0.1, 0.15) is 21.9 Å². The lowest BCUT2D eigenvalue weighted by molar-refractivity contribution is 0.0944. The number of rotatable bonds is 4. The lowest BCUT2D eigenvalue weighted by Gasteiger charge is -2.06. The summed E-state index contributed by atoms with van der Waals surface area (Å²) in [5, 5.41) is 2.90. The number of hydrogen-bond acceptors (Lipinski definition) is 3. The Morgan fingerprint density at radius 2 is 2.47 bits per heavy atom. The Bertz CT molecular complexity index is 589. The topological polar surface area (TPSA) is 60.1 Å². The van der Waals surface area contributed by atoms with Gasteiger partial charge in [-0.2, -0.15) is 0 Å². The van der Waals surface area contributed by atoms with Crippen molar-refractivity contribution in [3.05, 3.63) is 40.3 Å². The van der Waals surface area contributed by atoms with Gasteiger partial charge in [-0.1, -0.05) is 0 Å². The number of fused-ring (bicyclic) bond motifs is 1. The van der Waals surface area contributed by atoms with Crippen LogP contribution in [0.2, 0.25) is 0 Å². The molecule has 0 unspecified atom stereocenters. The SMILES string of the molecule is O=C(NCCc1ccco1)c1c(Br)nc2n1CCC2. The summed E-state index contributed by atoms with van der Waals surface area (Å²) in [6.45, 7) is 1.42. The fourth-order valence-corrected chi connectivity index (χ4v) is 2.95. The van der Waals surface area contributed by atoms with Crippen molar-refractivity contribution in [3.8, 4) is 0 Å². The third-order valence-electron chi connectivity index (χ3n) is 3.24.